The van der Waals surface area contributed by atoms with Crippen LogP contribution in [0.4, 0.5) is 5.69 Å². The average Bonchev–Trinajstić information content (AvgIpc) is 3.66. The molecule has 4 amide bonds. The first-order valence-corrected chi connectivity index (χ1v) is 21.3. The smallest absolute Gasteiger partial charge is 0.266 e. The number of amides is 4. The van der Waals surface area contributed by atoms with Gasteiger partial charge in [-0.1, -0.05) is 76.6 Å². The van der Waals surface area contributed by atoms with E-state index in [0.717, 1.165) is 38.0 Å². The minimum atomic E-state index is -0.462. The monoisotopic (exact) mass is 862 g/mol. The van der Waals surface area contributed by atoms with Crippen LogP contribution >= 0.6 is 0 Å². The van der Waals surface area contributed by atoms with E-state index in [-0.39, 0.29) is 33.8 Å². The lowest BCUT2D eigenvalue weighted by Gasteiger charge is -2.26. The van der Waals surface area contributed by atoms with Gasteiger partial charge in [0, 0.05) is 18.0 Å². The SMILES string of the molecule is Cc1ccc(Oc2ccc(C(C)(C)c3ccc(Oc4ccc(N5C(=O)c6ccc(Oc7ccc(Oc8ccc9c(c8)C(=O)N(C)C9=O)c(C(C)(C)C)c7)cc6C5=O)cc4)cc3)cc2)cc1. The number of imide groups is 2. The highest BCUT2D eigenvalue weighted by atomic mass is 16.5. The minimum Gasteiger partial charge on any atom is -0.457 e. The lowest BCUT2D eigenvalue weighted by molar-refractivity contribution is 0.0692. The van der Waals surface area contributed by atoms with Crippen molar-refractivity contribution >= 4 is 29.3 Å². The summed E-state index contributed by atoms with van der Waals surface area (Å²) in [7, 11) is 1.45. The third kappa shape index (κ3) is 8.22. The first-order chi connectivity index (χ1) is 31.0. The molecule has 2 aliphatic rings. The number of fused-ring (bicyclic) bond motifs is 2. The van der Waals surface area contributed by atoms with E-state index in [1.807, 2.05) is 82.3 Å². The van der Waals surface area contributed by atoms with Gasteiger partial charge in [-0.2, -0.15) is 0 Å². The van der Waals surface area contributed by atoms with E-state index in [2.05, 4.69) is 38.1 Å². The maximum absolute atomic E-state index is 13.8. The fraction of sp³-hybridized carbons (Fsp3) is 0.164. The molecule has 10 heteroatoms. The number of aryl methyl sites for hydroxylation is 1. The molecular formula is C55H46N2O8. The van der Waals surface area contributed by atoms with Crippen LogP contribution in [0, 0.1) is 6.92 Å². The van der Waals surface area contributed by atoms with Crippen LogP contribution in [0.15, 0.2) is 152 Å². The van der Waals surface area contributed by atoms with Crippen molar-refractivity contribution in [2.45, 2.75) is 52.4 Å². The standard InChI is InChI=1S/C55H46N2O8/c1-33-8-16-37(17-9-33)62-38-18-10-34(11-19-38)55(5,6)35-12-20-39(21-13-35)63-40-22-14-36(15-23-40)57-52(60)45-28-24-41(30-47(45)53(57)61)64-43-26-29-49(48(32-43)54(2,3)4)65-42-25-27-44-46(31-42)51(59)56(7)50(44)58/h8-32H,1-7H3. The molecule has 0 saturated carbocycles. The highest BCUT2D eigenvalue weighted by molar-refractivity contribution is 6.34. The van der Waals surface area contributed by atoms with E-state index in [4.69, 9.17) is 18.9 Å². The Morgan fingerprint density at radius 3 is 1.32 bits per heavy atom. The molecular weight excluding hydrogens is 817 g/mol. The molecule has 7 aromatic rings. The molecule has 7 aromatic carbocycles. The Morgan fingerprint density at radius 2 is 0.785 bits per heavy atom. The van der Waals surface area contributed by atoms with E-state index >= 15 is 0 Å². The second-order valence-corrected chi connectivity index (χ2v) is 17.8. The topological polar surface area (TPSA) is 112 Å². The molecule has 0 saturated heterocycles. The van der Waals surface area contributed by atoms with Gasteiger partial charge in [-0.25, -0.2) is 4.90 Å². The largest absolute Gasteiger partial charge is 0.457 e. The summed E-state index contributed by atoms with van der Waals surface area (Å²) in [5.41, 5.74) is 5.16. The van der Waals surface area contributed by atoms with Gasteiger partial charge in [0.05, 0.1) is 27.9 Å². The Kier molecular flexibility index (Phi) is 10.6. The Labute approximate surface area is 377 Å². The first kappa shape index (κ1) is 42.3. The van der Waals surface area contributed by atoms with Crippen LogP contribution in [0.3, 0.4) is 0 Å². The van der Waals surface area contributed by atoms with Crippen LogP contribution in [0.5, 0.6) is 46.0 Å². The summed E-state index contributed by atoms with van der Waals surface area (Å²) in [4.78, 5) is 54.6. The second-order valence-electron chi connectivity index (χ2n) is 17.8. The molecule has 0 bridgehead atoms. The maximum Gasteiger partial charge on any atom is 0.266 e. The predicted octanol–water partition coefficient (Wildman–Crippen LogP) is 12.8. The number of rotatable bonds is 11. The van der Waals surface area contributed by atoms with Crippen molar-refractivity contribution in [2.24, 2.45) is 0 Å². The van der Waals surface area contributed by atoms with Gasteiger partial charge in [-0.05, 0) is 139 Å². The van der Waals surface area contributed by atoms with Gasteiger partial charge < -0.3 is 18.9 Å². The van der Waals surface area contributed by atoms with Crippen LogP contribution in [0.2, 0.25) is 0 Å². The summed E-state index contributed by atoms with van der Waals surface area (Å²) >= 11 is 0. The molecule has 0 unspecified atom stereocenters. The summed E-state index contributed by atoms with van der Waals surface area (Å²) < 4.78 is 24.7. The van der Waals surface area contributed by atoms with Crippen molar-refractivity contribution in [1.82, 2.24) is 4.90 Å². The number of benzene rings is 7. The average molecular weight is 863 g/mol. The van der Waals surface area contributed by atoms with Crippen molar-refractivity contribution in [3.63, 3.8) is 0 Å². The van der Waals surface area contributed by atoms with Gasteiger partial charge in [0.1, 0.15) is 46.0 Å². The Morgan fingerprint density at radius 1 is 0.400 bits per heavy atom. The highest BCUT2D eigenvalue weighted by Gasteiger charge is 2.37. The maximum atomic E-state index is 13.8. The molecule has 0 N–H and O–H groups in total. The van der Waals surface area contributed by atoms with Crippen molar-refractivity contribution in [1.29, 1.82) is 0 Å². The van der Waals surface area contributed by atoms with Gasteiger partial charge in [0.25, 0.3) is 23.6 Å². The third-order valence-corrected chi connectivity index (χ3v) is 11.9. The van der Waals surface area contributed by atoms with Crippen molar-refractivity contribution in [3.8, 4) is 46.0 Å². The lowest BCUT2D eigenvalue weighted by Crippen LogP contribution is -2.29. The second kappa shape index (κ2) is 16.3. The van der Waals surface area contributed by atoms with Crippen LogP contribution in [0.25, 0.3) is 0 Å². The first-order valence-electron chi connectivity index (χ1n) is 21.3. The number of ether oxygens (including phenoxy) is 4. The summed E-state index contributed by atoms with van der Waals surface area (Å²) in [5.74, 6) is 3.00. The van der Waals surface area contributed by atoms with Crippen LogP contribution in [0.1, 0.15) is 98.3 Å². The quantitative estimate of drug-likeness (QED) is 0.118. The van der Waals surface area contributed by atoms with Crippen molar-refractivity contribution in [3.05, 3.63) is 196 Å². The summed E-state index contributed by atoms with van der Waals surface area (Å²) in [5, 5.41) is 0. The van der Waals surface area contributed by atoms with E-state index in [9.17, 15) is 19.2 Å². The summed E-state index contributed by atoms with van der Waals surface area (Å²) in [6.45, 7) is 12.5. The molecule has 0 aliphatic carbocycles. The molecule has 0 aromatic heterocycles. The molecule has 9 rings (SSSR count). The summed E-state index contributed by atoms with van der Waals surface area (Å²) in [6.07, 6.45) is 0. The number of carbonyl (C=O) groups is 4. The molecule has 0 fully saturated rings. The van der Waals surface area contributed by atoms with E-state index in [1.165, 1.54) is 12.6 Å². The lowest BCUT2D eigenvalue weighted by atomic mass is 9.78. The highest BCUT2D eigenvalue weighted by Crippen LogP contribution is 2.41. The third-order valence-electron chi connectivity index (χ3n) is 11.9. The molecule has 324 valence electrons. The van der Waals surface area contributed by atoms with E-state index in [1.54, 1.807) is 72.8 Å². The normalized spacial score (nSPS) is 13.5. The fourth-order valence-corrected chi connectivity index (χ4v) is 8.02. The molecule has 0 spiro atoms. The molecule has 65 heavy (non-hydrogen) atoms. The Hall–Kier alpha value is -7.98. The molecule has 2 heterocycles. The molecule has 2 aliphatic heterocycles. The number of carbonyl (C=O) groups excluding carboxylic acids is 4. The fourth-order valence-electron chi connectivity index (χ4n) is 8.02. The predicted molar refractivity (Wildman–Crippen MR) is 249 cm³/mol. The minimum absolute atomic E-state index is 0.230. The van der Waals surface area contributed by atoms with Crippen LogP contribution in [-0.4, -0.2) is 35.6 Å². The zero-order valence-corrected chi connectivity index (χ0v) is 37.1. The van der Waals surface area contributed by atoms with Gasteiger partial charge in [-0.15, -0.1) is 0 Å². The number of hydrogen-bond donors (Lipinski definition) is 0. The summed E-state index contributed by atoms with van der Waals surface area (Å²) in [6, 6.07) is 46.0. The van der Waals surface area contributed by atoms with E-state index in [0.29, 0.717) is 51.3 Å². The zero-order valence-electron chi connectivity index (χ0n) is 37.1. The van der Waals surface area contributed by atoms with Crippen molar-refractivity contribution in [2.75, 3.05) is 11.9 Å². The van der Waals surface area contributed by atoms with Crippen LogP contribution in [-0.2, 0) is 10.8 Å². The van der Waals surface area contributed by atoms with Gasteiger partial charge in [-0.3, -0.25) is 24.1 Å². The number of nitrogens with zero attached hydrogens (tertiary/aromatic N) is 2. The Bertz CT molecular complexity index is 3020. The Balaban J connectivity index is 0.847. The van der Waals surface area contributed by atoms with Crippen molar-refractivity contribution < 1.29 is 38.1 Å². The van der Waals surface area contributed by atoms with Crippen LogP contribution < -0.4 is 23.8 Å². The molecule has 10 nitrogen and oxygen atoms in total. The number of anilines is 1. The van der Waals surface area contributed by atoms with Gasteiger partial charge in [0.15, 0.2) is 0 Å². The van der Waals surface area contributed by atoms with Gasteiger partial charge in [0.2, 0.25) is 0 Å². The zero-order chi connectivity index (χ0) is 45.8. The molecule has 0 radical (unpaired) electrons. The van der Waals surface area contributed by atoms with Gasteiger partial charge >= 0.3 is 0 Å². The molecule has 0 atom stereocenters. The van der Waals surface area contributed by atoms with E-state index < -0.39 is 11.8 Å². The number of hydrogen-bond acceptors (Lipinski definition) is 8.